The molecule has 0 bridgehead atoms. The standard InChI is InChI=1S/C18H21NO.C11H15NO.CH4O/c1-20-18-9-5-8-16(12-18)17-10-11-19(14-17)13-15-6-3-2-4-7-15;1-13-11-4-2-3-9(7-11)10-5-6-12-8-10;1-2/h2-9,12,17H,10-11,13-14H2,1H3;2-4,7,10,12H,5-6,8H2,1H3;2H,1H3. The van der Waals surface area contributed by atoms with Crippen LogP contribution >= 0.6 is 0 Å². The summed E-state index contributed by atoms with van der Waals surface area (Å²) in [4.78, 5) is 2.54. The predicted octanol–water partition coefficient (Wildman–Crippen LogP) is 5.07. The van der Waals surface area contributed by atoms with Gasteiger partial charge in [-0.25, -0.2) is 0 Å². The van der Waals surface area contributed by atoms with Gasteiger partial charge >= 0.3 is 0 Å². The molecule has 2 N–H and O–H groups in total. The Morgan fingerprint density at radius 3 is 2.00 bits per heavy atom. The number of hydrogen-bond donors (Lipinski definition) is 2. The molecule has 188 valence electrons. The number of rotatable bonds is 6. The number of ether oxygens (including phenoxy) is 2. The van der Waals surface area contributed by atoms with E-state index in [0.29, 0.717) is 11.8 Å². The number of benzene rings is 3. The van der Waals surface area contributed by atoms with Gasteiger partial charge in [0.2, 0.25) is 0 Å². The summed E-state index contributed by atoms with van der Waals surface area (Å²) in [6, 6.07) is 27.6. The minimum atomic E-state index is 0.633. The van der Waals surface area contributed by atoms with E-state index in [4.69, 9.17) is 14.6 Å². The predicted molar refractivity (Wildman–Crippen MR) is 143 cm³/mol. The fourth-order valence-corrected chi connectivity index (χ4v) is 4.82. The van der Waals surface area contributed by atoms with E-state index in [9.17, 15) is 0 Å². The van der Waals surface area contributed by atoms with Gasteiger partial charge in [-0.3, -0.25) is 4.90 Å². The third-order valence-electron chi connectivity index (χ3n) is 6.71. The van der Waals surface area contributed by atoms with Crippen molar-refractivity contribution in [3.8, 4) is 11.5 Å². The maximum absolute atomic E-state index is 7.00. The van der Waals surface area contributed by atoms with Crippen molar-refractivity contribution in [1.29, 1.82) is 0 Å². The lowest BCUT2D eigenvalue weighted by atomic mass is 9.98. The molecule has 2 unspecified atom stereocenters. The SMILES string of the molecule is CO.COc1cccc(C2CCN(Cc3ccccc3)C2)c1.COc1cccc(C2CCNC2)c1. The molecule has 2 heterocycles. The lowest BCUT2D eigenvalue weighted by Crippen LogP contribution is -2.19. The molecule has 2 aliphatic heterocycles. The van der Waals surface area contributed by atoms with Crippen molar-refractivity contribution < 1.29 is 14.6 Å². The van der Waals surface area contributed by atoms with Crippen molar-refractivity contribution in [2.45, 2.75) is 31.2 Å². The number of aliphatic hydroxyl groups excluding tert-OH is 1. The van der Waals surface area contributed by atoms with Crippen molar-refractivity contribution in [1.82, 2.24) is 10.2 Å². The van der Waals surface area contributed by atoms with Crippen molar-refractivity contribution in [3.63, 3.8) is 0 Å². The molecule has 0 spiro atoms. The Labute approximate surface area is 210 Å². The first-order chi connectivity index (χ1) is 17.2. The van der Waals surface area contributed by atoms with E-state index in [1.54, 1.807) is 14.2 Å². The molecule has 35 heavy (non-hydrogen) atoms. The highest BCUT2D eigenvalue weighted by atomic mass is 16.5. The van der Waals surface area contributed by atoms with E-state index < -0.39 is 0 Å². The van der Waals surface area contributed by atoms with Crippen LogP contribution in [0.2, 0.25) is 0 Å². The Bertz CT molecular complexity index is 990. The van der Waals surface area contributed by atoms with Crippen molar-refractivity contribution in [2.75, 3.05) is 47.5 Å². The van der Waals surface area contributed by atoms with Crippen molar-refractivity contribution in [2.24, 2.45) is 0 Å². The van der Waals surface area contributed by atoms with Gasteiger partial charge in [0.15, 0.2) is 0 Å². The largest absolute Gasteiger partial charge is 0.497 e. The number of aliphatic hydroxyl groups is 1. The molecular formula is C30H40N2O3. The van der Waals surface area contributed by atoms with Gasteiger partial charge in [-0.2, -0.15) is 0 Å². The van der Waals surface area contributed by atoms with E-state index in [0.717, 1.165) is 44.8 Å². The third-order valence-corrected chi connectivity index (χ3v) is 6.71. The van der Waals surface area contributed by atoms with Crippen LogP contribution in [0.1, 0.15) is 41.4 Å². The normalized spacial score (nSPS) is 19.2. The van der Waals surface area contributed by atoms with Gasteiger partial charge in [-0.15, -0.1) is 0 Å². The molecule has 3 aromatic rings. The minimum absolute atomic E-state index is 0.633. The summed E-state index contributed by atoms with van der Waals surface area (Å²) in [6.07, 6.45) is 2.48. The Balaban J connectivity index is 0.000000197. The zero-order chi connectivity index (χ0) is 24.9. The summed E-state index contributed by atoms with van der Waals surface area (Å²) in [5.41, 5.74) is 4.20. The molecule has 0 aromatic heterocycles. The minimum Gasteiger partial charge on any atom is -0.497 e. The quantitative estimate of drug-likeness (QED) is 0.521. The highest BCUT2D eigenvalue weighted by molar-refractivity contribution is 5.32. The van der Waals surface area contributed by atoms with Gasteiger partial charge in [-0.05, 0) is 78.7 Å². The number of nitrogens with zero attached hydrogens (tertiary/aromatic N) is 1. The van der Waals surface area contributed by atoms with Crippen molar-refractivity contribution >= 4 is 0 Å². The molecule has 2 atom stereocenters. The molecule has 2 aliphatic rings. The first-order valence-corrected chi connectivity index (χ1v) is 12.4. The molecule has 0 amide bonds. The molecular weight excluding hydrogens is 436 g/mol. The summed E-state index contributed by atoms with van der Waals surface area (Å²) in [7, 11) is 4.45. The first-order valence-electron chi connectivity index (χ1n) is 12.4. The van der Waals surface area contributed by atoms with Crippen LogP contribution in [0.5, 0.6) is 11.5 Å². The second-order valence-corrected chi connectivity index (χ2v) is 8.95. The van der Waals surface area contributed by atoms with Gasteiger partial charge in [0.1, 0.15) is 11.5 Å². The van der Waals surface area contributed by atoms with Crippen LogP contribution in [0, 0.1) is 0 Å². The van der Waals surface area contributed by atoms with Crippen molar-refractivity contribution in [3.05, 3.63) is 95.6 Å². The lowest BCUT2D eigenvalue weighted by Gasteiger charge is -2.16. The number of likely N-dealkylation sites (tertiary alicyclic amines) is 1. The Morgan fingerprint density at radius 2 is 1.43 bits per heavy atom. The molecule has 0 radical (unpaired) electrons. The first kappa shape index (κ1) is 26.7. The van der Waals surface area contributed by atoms with Gasteiger partial charge in [0.25, 0.3) is 0 Å². The smallest absolute Gasteiger partial charge is 0.119 e. The maximum Gasteiger partial charge on any atom is 0.119 e. The van der Waals surface area contributed by atoms with Gasteiger partial charge in [-0.1, -0.05) is 54.6 Å². The molecule has 5 nitrogen and oxygen atoms in total. The van der Waals surface area contributed by atoms with Crippen LogP contribution in [0.4, 0.5) is 0 Å². The summed E-state index contributed by atoms with van der Waals surface area (Å²) >= 11 is 0. The Kier molecular flexibility index (Phi) is 11.1. The van der Waals surface area contributed by atoms with E-state index in [1.165, 1.54) is 36.1 Å². The molecule has 3 aromatic carbocycles. The molecule has 2 saturated heterocycles. The highest BCUT2D eigenvalue weighted by Gasteiger charge is 2.24. The third kappa shape index (κ3) is 8.10. The van der Waals surface area contributed by atoms with Crippen LogP contribution in [0.3, 0.4) is 0 Å². The summed E-state index contributed by atoms with van der Waals surface area (Å²) in [6.45, 7) is 5.62. The monoisotopic (exact) mass is 476 g/mol. The maximum atomic E-state index is 7.00. The number of nitrogens with one attached hydrogen (secondary N) is 1. The molecule has 2 fully saturated rings. The van der Waals surface area contributed by atoms with Gasteiger partial charge in [0.05, 0.1) is 14.2 Å². The summed E-state index contributed by atoms with van der Waals surface area (Å²) < 4.78 is 10.5. The fourth-order valence-electron chi connectivity index (χ4n) is 4.82. The van der Waals surface area contributed by atoms with Crippen LogP contribution in [0.15, 0.2) is 78.9 Å². The molecule has 5 heteroatoms. The number of methoxy groups -OCH3 is 2. The molecule has 0 aliphatic carbocycles. The zero-order valence-electron chi connectivity index (χ0n) is 21.3. The second-order valence-electron chi connectivity index (χ2n) is 8.95. The van der Waals surface area contributed by atoms with E-state index in [-0.39, 0.29) is 0 Å². The van der Waals surface area contributed by atoms with Crippen LogP contribution in [-0.4, -0.2) is 57.5 Å². The zero-order valence-corrected chi connectivity index (χ0v) is 21.3. The summed E-state index contributed by atoms with van der Waals surface area (Å²) in [5, 5.41) is 10.4. The average Bonchev–Trinajstić information content (AvgIpc) is 3.64. The van der Waals surface area contributed by atoms with Gasteiger partial charge < -0.3 is 19.9 Å². The van der Waals surface area contributed by atoms with Crippen LogP contribution in [0.25, 0.3) is 0 Å². The van der Waals surface area contributed by atoms with Crippen LogP contribution < -0.4 is 14.8 Å². The van der Waals surface area contributed by atoms with E-state index in [1.807, 2.05) is 12.1 Å². The Morgan fingerprint density at radius 1 is 0.800 bits per heavy atom. The number of hydrogen-bond acceptors (Lipinski definition) is 5. The van der Waals surface area contributed by atoms with E-state index in [2.05, 4.69) is 76.9 Å². The fraction of sp³-hybridized carbons (Fsp3) is 0.400. The summed E-state index contributed by atoms with van der Waals surface area (Å²) in [5.74, 6) is 3.23. The topological polar surface area (TPSA) is 54.0 Å². The molecule has 5 rings (SSSR count). The van der Waals surface area contributed by atoms with Gasteiger partial charge in [0, 0.05) is 26.7 Å². The Hall–Kier alpha value is -2.86. The highest BCUT2D eigenvalue weighted by Crippen LogP contribution is 2.30. The second kappa shape index (κ2) is 14.5. The average molecular weight is 477 g/mol. The van der Waals surface area contributed by atoms with E-state index >= 15 is 0 Å². The lowest BCUT2D eigenvalue weighted by molar-refractivity contribution is 0.327. The van der Waals surface area contributed by atoms with Crippen LogP contribution in [-0.2, 0) is 6.54 Å². The molecule has 0 saturated carbocycles.